The van der Waals surface area contributed by atoms with Gasteiger partial charge in [0, 0.05) is 18.7 Å². The van der Waals surface area contributed by atoms with Crippen molar-refractivity contribution >= 4 is 16.8 Å². The average Bonchev–Trinajstić information content (AvgIpc) is 2.80. The van der Waals surface area contributed by atoms with Crippen molar-refractivity contribution in [2.24, 2.45) is 0 Å². The van der Waals surface area contributed by atoms with Gasteiger partial charge in [0.15, 0.2) is 11.5 Å². The van der Waals surface area contributed by atoms with Gasteiger partial charge in [0.25, 0.3) is 5.89 Å². The topological polar surface area (TPSA) is 78.1 Å². The van der Waals surface area contributed by atoms with E-state index in [0.29, 0.717) is 28.8 Å². The summed E-state index contributed by atoms with van der Waals surface area (Å²) in [6.45, 7) is 3.65. The summed E-state index contributed by atoms with van der Waals surface area (Å²) >= 11 is 0. The van der Waals surface area contributed by atoms with E-state index in [0.717, 1.165) is 11.2 Å². The molecular formula is C12H11N3O2. The average molecular weight is 229 g/mol. The third-order valence-electron chi connectivity index (χ3n) is 2.51. The number of anilines is 1. The summed E-state index contributed by atoms with van der Waals surface area (Å²) in [5, 5.41) is 0. The molecule has 17 heavy (non-hydrogen) atoms. The zero-order chi connectivity index (χ0) is 12.0. The van der Waals surface area contributed by atoms with Crippen molar-refractivity contribution in [3.05, 3.63) is 29.8 Å². The van der Waals surface area contributed by atoms with Gasteiger partial charge in [-0.05, 0) is 19.1 Å². The van der Waals surface area contributed by atoms with Crippen LogP contribution in [0.25, 0.3) is 22.8 Å². The maximum Gasteiger partial charge on any atom is 0.265 e. The molecule has 0 fully saturated rings. The number of nitrogens with zero attached hydrogens (tertiary/aromatic N) is 2. The van der Waals surface area contributed by atoms with E-state index in [2.05, 4.69) is 9.97 Å². The van der Waals surface area contributed by atoms with Crippen molar-refractivity contribution in [1.82, 2.24) is 9.97 Å². The number of nitrogen functional groups attached to an aromatic ring is 1. The van der Waals surface area contributed by atoms with Crippen molar-refractivity contribution in [2.45, 2.75) is 13.8 Å². The molecule has 0 saturated carbocycles. The van der Waals surface area contributed by atoms with Crippen LogP contribution in [0.3, 0.4) is 0 Å². The number of benzene rings is 1. The number of aryl methyl sites for hydroxylation is 2. The summed E-state index contributed by atoms with van der Waals surface area (Å²) in [5.74, 6) is 1.60. The fraction of sp³-hybridized carbons (Fsp3) is 0.167. The third kappa shape index (κ3) is 1.56. The lowest BCUT2D eigenvalue weighted by Crippen LogP contribution is -1.81. The van der Waals surface area contributed by atoms with Crippen LogP contribution in [-0.4, -0.2) is 9.97 Å². The highest BCUT2D eigenvalue weighted by Crippen LogP contribution is 2.28. The minimum Gasteiger partial charge on any atom is -0.436 e. The second kappa shape index (κ2) is 3.35. The van der Waals surface area contributed by atoms with Gasteiger partial charge in [-0.15, -0.1) is 0 Å². The van der Waals surface area contributed by atoms with E-state index in [-0.39, 0.29) is 0 Å². The number of aromatic nitrogens is 2. The molecule has 3 aromatic rings. The highest BCUT2D eigenvalue weighted by molar-refractivity contribution is 5.78. The largest absolute Gasteiger partial charge is 0.436 e. The Hall–Kier alpha value is -2.30. The summed E-state index contributed by atoms with van der Waals surface area (Å²) in [7, 11) is 0. The highest BCUT2D eigenvalue weighted by atomic mass is 16.4. The van der Waals surface area contributed by atoms with Gasteiger partial charge in [-0.1, -0.05) is 0 Å². The van der Waals surface area contributed by atoms with Crippen molar-refractivity contribution in [3.8, 4) is 11.7 Å². The number of nitrogens with two attached hydrogens (primary N) is 1. The summed E-state index contributed by atoms with van der Waals surface area (Å²) in [5.41, 5.74) is 8.49. The molecule has 2 N–H and O–H groups in total. The van der Waals surface area contributed by atoms with Crippen LogP contribution >= 0.6 is 0 Å². The van der Waals surface area contributed by atoms with Crippen LogP contribution < -0.4 is 5.73 Å². The highest BCUT2D eigenvalue weighted by Gasteiger charge is 2.16. The zero-order valence-corrected chi connectivity index (χ0v) is 9.52. The molecule has 86 valence electrons. The van der Waals surface area contributed by atoms with Crippen molar-refractivity contribution < 1.29 is 8.83 Å². The molecule has 0 atom stereocenters. The first-order chi connectivity index (χ1) is 8.13. The van der Waals surface area contributed by atoms with Gasteiger partial charge in [0.05, 0.1) is 5.69 Å². The smallest absolute Gasteiger partial charge is 0.265 e. The van der Waals surface area contributed by atoms with Crippen LogP contribution in [0.4, 0.5) is 5.69 Å². The van der Waals surface area contributed by atoms with Crippen LogP contribution in [0.1, 0.15) is 11.6 Å². The molecule has 0 radical (unpaired) electrons. The van der Waals surface area contributed by atoms with E-state index < -0.39 is 0 Å². The fourth-order valence-corrected chi connectivity index (χ4v) is 1.77. The summed E-state index contributed by atoms with van der Waals surface area (Å²) in [6.07, 6.45) is 0. The molecule has 0 aliphatic heterocycles. The molecule has 5 nitrogen and oxygen atoms in total. The fourth-order valence-electron chi connectivity index (χ4n) is 1.77. The molecular weight excluding hydrogens is 218 g/mol. The molecule has 3 rings (SSSR count). The van der Waals surface area contributed by atoms with Crippen molar-refractivity contribution in [2.75, 3.05) is 5.73 Å². The van der Waals surface area contributed by atoms with Crippen molar-refractivity contribution in [1.29, 1.82) is 0 Å². The van der Waals surface area contributed by atoms with E-state index in [1.165, 1.54) is 0 Å². The molecule has 0 unspecified atom stereocenters. The third-order valence-corrected chi connectivity index (χ3v) is 2.51. The predicted molar refractivity (Wildman–Crippen MR) is 63.4 cm³/mol. The number of hydrogen-bond acceptors (Lipinski definition) is 5. The lowest BCUT2D eigenvalue weighted by atomic mass is 10.3. The molecule has 2 heterocycles. The first-order valence-electron chi connectivity index (χ1n) is 5.24. The Bertz CT molecular complexity index is 697. The van der Waals surface area contributed by atoms with Gasteiger partial charge in [0.2, 0.25) is 5.76 Å². The summed E-state index contributed by atoms with van der Waals surface area (Å²) in [4.78, 5) is 8.53. The van der Waals surface area contributed by atoms with Crippen LogP contribution in [0, 0.1) is 13.8 Å². The van der Waals surface area contributed by atoms with Gasteiger partial charge in [-0.25, -0.2) is 9.97 Å². The normalized spacial score (nSPS) is 11.2. The first kappa shape index (κ1) is 9.89. The number of oxazole rings is 2. The van der Waals surface area contributed by atoms with Gasteiger partial charge < -0.3 is 14.6 Å². The molecule has 0 bridgehead atoms. The van der Waals surface area contributed by atoms with Gasteiger partial charge >= 0.3 is 0 Å². The van der Waals surface area contributed by atoms with E-state index in [9.17, 15) is 0 Å². The van der Waals surface area contributed by atoms with E-state index >= 15 is 0 Å². The van der Waals surface area contributed by atoms with Gasteiger partial charge in [-0.3, -0.25) is 0 Å². The van der Waals surface area contributed by atoms with E-state index in [1.54, 1.807) is 19.1 Å². The minimum absolute atomic E-state index is 0.434. The lowest BCUT2D eigenvalue weighted by Gasteiger charge is -1.89. The predicted octanol–water partition coefficient (Wildman–Crippen LogP) is 2.68. The lowest BCUT2D eigenvalue weighted by molar-refractivity contribution is 0.504. The molecule has 0 aliphatic rings. The Morgan fingerprint density at radius 2 is 1.94 bits per heavy atom. The van der Waals surface area contributed by atoms with Crippen LogP contribution in [0.5, 0.6) is 0 Å². The SMILES string of the molecule is Cc1nc(C)c(-c2nc3ccc(N)cc3o2)o1. The number of hydrogen-bond donors (Lipinski definition) is 1. The van der Waals surface area contributed by atoms with Crippen LogP contribution in [-0.2, 0) is 0 Å². The monoisotopic (exact) mass is 229 g/mol. The molecule has 2 aromatic heterocycles. The Kier molecular flexibility index (Phi) is 1.95. The van der Waals surface area contributed by atoms with E-state index in [4.69, 9.17) is 14.6 Å². The summed E-state index contributed by atoms with van der Waals surface area (Å²) in [6, 6.07) is 5.34. The Balaban J connectivity index is 2.21. The summed E-state index contributed by atoms with van der Waals surface area (Å²) < 4.78 is 11.1. The van der Waals surface area contributed by atoms with Gasteiger partial charge in [0.1, 0.15) is 5.52 Å². The standard InChI is InChI=1S/C12H11N3O2/c1-6-11(16-7(2)14-6)12-15-9-4-3-8(13)5-10(9)17-12/h3-5H,13H2,1-2H3. The maximum atomic E-state index is 5.68. The zero-order valence-electron chi connectivity index (χ0n) is 9.52. The number of fused-ring (bicyclic) bond motifs is 1. The van der Waals surface area contributed by atoms with Gasteiger partial charge in [-0.2, -0.15) is 0 Å². The Labute approximate surface area is 97.3 Å². The minimum atomic E-state index is 0.434. The molecule has 0 saturated heterocycles. The quantitative estimate of drug-likeness (QED) is 0.649. The second-order valence-corrected chi connectivity index (χ2v) is 3.89. The van der Waals surface area contributed by atoms with Crippen molar-refractivity contribution in [3.63, 3.8) is 0 Å². The second-order valence-electron chi connectivity index (χ2n) is 3.89. The molecule has 0 aliphatic carbocycles. The first-order valence-corrected chi connectivity index (χ1v) is 5.24. The molecule has 0 amide bonds. The van der Waals surface area contributed by atoms with E-state index in [1.807, 2.05) is 13.0 Å². The number of rotatable bonds is 1. The molecule has 0 spiro atoms. The van der Waals surface area contributed by atoms with Crippen LogP contribution in [0.15, 0.2) is 27.0 Å². The molecule has 5 heteroatoms. The molecule has 1 aromatic carbocycles. The Morgan fingerprint density at radius 3 is 2.65 bits per heavy atom. The Morgan fingerprint density at radius 1 is 1.12 bits per heavy atom. The maximum absolute atomic E-state index is 5.68. The van der Waals surface area contributed by atoms with Crippen LogP contribution in [0.2, 0.25) is 0 Å².